The number of ether oxygens (including phenoxy) is 3. The summed E-state index contributed by atoms with van der Waals surface area (Å²) in [7, 11) is 0. The van der Waals surface area contributed by atoms with Crippen LogP contribution in [0.2, 0.25) is 0 Å². The van der Waals surface area contributed by atoms with Crippen molar-refractivity contribution in [1.82, 2.24) is 4.90 Å². The summed E-state index contributed by atoms with van der Waals surface area (Å²) >= 11 is 0. The largest absolute Gasteiger partial charge is 0.378 e. The van der Waals surface area contributed by atoms with Gasteiger partial charge in [0.2, 0.25) is 0 Å². The Bertz CT molecular complexity index is 889. The van der Waals surface area contributed by atoms with Crippen molar-refractivity contribution < 1.29 is 14.2 Å². The highest BCUT2D eigenvalue weighted by Crippen LogP contribution is 2.69. The number of hydrogen-bond donors (Lipinski definition) is 4. The minimum absolute atomic E-state index is 0.165. The molecule has 0 radical (unpaired) electrons. The molecule has 8 N–H and O–H groups in total. The van der Waals surface area contributed by atoms with Crippen molar-refractivity contribution >= 4 is 0 Å². The molecule has 4 rings (SSSR count). The third-order valence-corrected chi connectivity index (χ3v) is 14.1. The van der Waals surface area contributed by atoms with Crippen LogP contribution in [0, 0.1) is 46.3 Å². The van der Waals surface area contributed by atoms with Crippen molar-refractivity contribution in [3.63, 3.8) is 0 Å². The average molecular weight is 678 g/mol. The molecule has 4 fully saturated rings. The first-order chi connectivity index (χ1) is 23.3. The zero-order valence-electron chi connectivity index (χ0n) is 31.9. The minimum atomic E-state index is 0.165. The van der Waals surface area contributed by atoms with Crippen LogP contribution in [-0.2, 0) is 14.2 Å². The van der Waals surface area contributed by atoms with Crippen LogP contribution in [0.25, 0.3) is 0 Å². The highest BCUT2D eigenvalue weighted by molar-refractivity contribution is 5.15. The molecule has 0 bridgehead atoms. The molecule has 8 heteroatoms. The van der Waals surface area contributed by atoms with E-state index in [2.05, 4.69) is 32.6 Å². The molecule has 0 saturated heterocycles. The van der Waals surface area contributed by atoms with E-state index in [1.54, 1.807) is 0 Å². The lowest BCUT2D eigenvalue weighted by Crippen LogP contribution is -2.63. The molecule has 0 aliphatic heterocycles. The second-order valence-electron chi connectivity index (χ2n) is 16.9. The van der Waals surface area contributed by atoms with Gasteiger partial charge < -0.3 is 42.0 Å². The smallest absolute Gasteiger partial charge is 0.0637 e. The molecule has 4 aliphatic rings. The molecule has 3 unspecified atom stereocenters. The van der Waals surface area contributed by atoms with E-state index in [4.69, 9.17) is 37.1 Å². The molecule has 0 heterocycles. The van der Waals surface area contributed by atoms with E-state index < -0.39 is 0 Å². The zero-order valence-corrected chi connectivity index (χ0v) is 31.9. The van der Waals surface area contributed by atoms with Gasteiger partial charge in [0.1, 0.15) is 0 Å². The molecule has 48 heavy (non-hydrogen) atoms. The standard InChI is InChI=1S/C40H79N5O3/c1-5-6-21-45(23-8-17-41)22-7-12-30(2)33-13-14-34-38-35(29-37(40(33,34)4)48-26-11-20-44)39(3)16-15-32(46-24-9-18-42)27-31(39)28-36(38)47-25-10-19-43/h30-38H,5-29,41-44H2,1-4H3/t30-,31?,32-,33?,34+,35+,36-,37+,38?,39+,40-/m1/s1. The molecule has 0 spiro atoms. The van der Waals surface area contributed by atoms with E-state index in [-0.39, 0.29) is 11.5 Å². The molecule has 0 aromatic rings. The Morgan fingerprint density at radius 2 is 1.35 bits per heavy atom. The summed E-state index contributed by atoms with van der Waals surface area (Å²) in [6.07, 6.45) is 18.5. The van der Waals surface area contributed by atoms with Gasteiger partial charge in [0.05, 0.1) is 18.3 Å². The summed E-state index contributed by atoms with van der Waals surface area (Å²) in [5, 5.41) is 0. The van der Waals surface area contributed by atoms with Crippen LogP contribution >= 0.6 is 0 Å². The maximum Gasteiger partial charge on any atom is 0.0637 e. The van der Waals surface area contributed by atoms with Crippen molar-refractivity contribution in [3.8, 4) is 0 Å². The van der Waals surface area contributed by atoms with E-state index in [0.717, 1.165) is 71.4 Å². The molecular formula is C40H79N5O3. The van der Waals surface area contributed by atoms with Crippen LogP contribution in [0.4, 0.5) is 0 Å². The molecule has 0 aromatic carbocycles. The monoisotopic (exact) mass is 678 g/mol. The van der Waals surface area contributed by atoms with Gasteiger partial charge in [0.15, 0.2) is 0 Å². The number of nitrogens with two attached hydrogens (primary N) is 4. The van der Waals surface area contributed by atoms with Gasteiger partial charge in [-0.1, -0.05) is 34.1 Å². The van der Waals surface area contributed by atoms with Crippen LogP contribution in [0.15, 0.2) is 0 Å². The van der Waals surface area contributed by atoms with E-state index in [9.17, 15) is 0 Å². The van der Waals surface area contributed by atoms with Gasteiger partial charge in [0.25, 0.3) is 0 Å². The third-order valence-electron chi connectivity index (χ3n) is 14.1. The molecule has 11 atom stereocenters. The van der Waals surface area contributed by atoms with Crippen molar-refractivity contribution in [3.05, 3.63) is 0 Å². The van der Waals surface area contributed by atoms with Gasteiger partial charge in [-0.05, 0) is 177 Å². The van der Waals surface area contributed by atoms with Crippen molar-refractivity contribution in [2.24, 2.45) is 69.3 Å². The summed E-state index contributed by atoms with van der Waals surface area (Å²) in [4.78, 5) is 2.67. The molecule has 0 amide bonds. The molecule has 282 valence electrons. The summed E-state index contributed by atoms with van der Waals surface area (Å²) in [6.45, 7) is 18.9. The molecule has 0 aromatic heterocycles. The predicted octanol–water partition coefficient (Wildman–Crippen LogP) is 5.93. The van der Waals surface area contributed by atoms with Gasteiger partial charge in [-0.2, -0.15) is 0 Å². The Kier molecular flexibility index (Phi) is 16.9. The van der Waals surface area contributed by atoms with Crippen molar-refractivity contribution in [2.45, 2.75) is 142 Å². The van der Waals surface area contributed by atoms with E-state index in [1.807, 2.05) is 0 Å². The fourth-order valence-corrected chi connectivity index (χ4v) is 11.5. The molecule has 4 saturated carbocycles. The lowest BCUT2D eigenvalue weighted by atomic mass is 9.43. The lowest BCUT2D eigenvalue weighted by molar-refractivity contribution is -0.227. The fourth-order valence-electron chi connectivity index (χ4n) is 11.5. The third kappa shape index (κ3) is 9.56. The fraction of sp³-hybridized carbons (Fsp3) is 1.00. The van der Waals surface area contributed by atoms with Gasteiger partial charge >= 0.3 is 0 Å². The zero-order chi connectivity index (χ0) is 34.6. The van der Waals surface area contributed by atoms with E-state index in [0.29, 0.717) is 72.8 Å². The SMILES string of the molecule is CCCCN(CCCN)CCC[C@@H](C)C1CC[C@H]2C3[C@H](OCCCN)CC4C[C@H](OCCCN)CC[C@]4(C)[C@H]3C[C@H](OCCCN)[C@]12C. The van der Waals surface area contributed by atoms with Crippen molar-refractivity contribution in [1.29, 1.82) is 0 Å². The Morgan fingerprint density at radius 3 is 2.04 bits per heavy atom. The Morgan fingerprint density at radius 1 is 0.708 bits per heavy atom. The van der Waals surface area contributed by atoms with Gasteiger partial charge in [-0.3, -0.25) is 0 Å². The van der Waals surface area contributed by atoms with Gasteiger partial charge in [-0.15, -0.1) is 0 Å². The van der Waals surface area contributed by atoms with Crippen LogP contribution in [-0.4, -0.2) is 88.8 Å². The maximum atomic E-state index is 7.05. The summed E-state index contributed by atoms with van der Waals surface area (Å²) in [5.41, 5.74) is 24.1. The van der Waals surface area contributed by atoms with E-state index >= 15 is 0 Å². The second kappa shape index (κ2) is 20.1. The van der Waals surface area contributed by atoms with E-state index in [1.165, 1.54) is 70.9 Å². The highest BCUT2D eigenvalue weighted by Gasteiger charge is 2.66. The molecule has 8 nitrogen and oxygen atoms in total. The number of fused-ring (bicyclic) bond motifs is 5. The number of rotatable bonds is 23. The molecule has 4 aliphatic carbocycles. The topological polar surface area (TPSA) is 135 Å². The Balaban J connectivity index is 1.55. The predicted molar refractivity (Wildman–Crippen MR) is 200 cm³/mol. The van der Waals surface area contributed by atoms with Gasteiger partial charge in [0, 0.05) is 25.2 Å². The van der Waals surface area contributed by atoms with Crippen LogP contribution in [0.3, 0.4) is 0 Å². The lowest BCUT2D eigenvalue weighted by Gasteiger charge is -2.65. The first-order valence-electron chi connectivity index (χ1n) is 20.7. The second-order valence-corrected chi connectivity index (χ2v) is 16.9. The van der Waals surface area contributed by atoms with Crippen LogP contribution < -0.4 is 22.9 Å². The molecular weight excluding hydrogens is 598 g/mol. The summed E-state index contributed by atoms with van der Waals surface area (Å²) in [6, 6.07) is 0. The maximum absolute atomic E-state index is 7.05. The van der Waals surface area contributed by atoms with Crippen molar-refractivity contribution in [2.75, 3.05) is 65.6 Å². The number of hydrogen-bond acceptors (Lipinski definition) is 8. The van der Waals surface area contributed by atoms with Crippen LogP contribution in [0.1, 0.15) is 124 Å². The Hall–Kier alpha value is -0.320. The minimum Gasteiger partial charge on any atom is -0.378 e. The van der Waals surface area contributed by atoms with Crippen LogP contribution in [0.5, 0.6) is 0 Å². The highest BCUT2D eigenvalue weighted by atomic mass is 16.5. The normalized spacial score (nSPS) is 36.9. The summed E-state index contributed by atoms with van der Waals surface area (Å²) in [5.74, 6) is 3.84. The van der Waals surface area contributed by atoms with Gasteiger partial charge in [-0.25, -0.2) is 0 Å². The first kappa shape index (κ1) is 40.5. The first-order valence-corrected chi connectivity index (χ1v) is 20.7. The number of unbranched alkanes of at least 4 members (excludes halogenated alkanes) is 1. The quantitative estimate of drug-likeness (QED) is 0.0978. The summed E-state index contributed by atoms with van der Waals surface area (Å²) < 4.78 is 20.4. The Labute approximate surface area is 295 Å². The average Bonchev–Trinajstić information content (AvgIpc) is 3.44. The number of nitrogens with zero attached hydrogens (tertiary/aromatic N) is 1.